The molecule has 0 radical (unpaired) electrons. The van der Waals surface area contributed by atoms with Crippen molar-refractivity contribution in [3.05, 3.63) is 69.4 Å². The third-order valence-electron chi connectivity index (χ3n) is 6.01. The summed E-state index contributed by atoms with van der Waals surface area (Å²) in [6.07, 6.45) is -3.82. The van der Waals surface area contributed by atoms with Gasteiger partial charge in [0.1, 0.15) is 17.1 Å². The molecule has 15 heteroatoms. The molecule has 0 bridgehead atoms. The summed E-state index contributed by atoms with van der Waals surface area (Å²) >= 11 is 0. The van der Waals surface area contributed by atoms with Gasteiger partial charge in [0.15, 0.2) is 17.2 Å². The van der Waals surface area contributed by atoms with Crippen LogP contribution in [-0.4, -0.2) is 41.7 Å². The number of aromatic nitrogens is 7. The Labute approximate surface area is 211 Å². The summed E-state index contributed by atoms with van der Waals surface area (Å²) in [6, 6.07) is 2.59. The van der Waals surface area contributed by atoms with Gasteiger partial charge in [-0.05, 0) is 25.0 Å². The van der Waals surface area contributed by atoms with Crippen LogP contribution in [0.3, 0.4) is 0 Å². The monoisotopic (exact) mass is 533 g/mol. The lowest BCUT2D eigenvalue weighted by molar-refractivity contribution is -0.141. The maximum atomic E-state index is 13.0. The summed E-state index contributed by atoms with van der Waals surface area (Å²) in [4.78, 5) is 33.2. The normalized spacial score (nSPS) is 13.5. The molecule has 0 amide bonds. The fraction of sp³-hybridized carbons (Fsp3) is 0.348. The van der Waals surface area contributed by atoms with Crippen LogP contribution in [-0.2, 0) is 6.18 Å². The highest BCUT2D eigenvalue weighted by Crippen LogP contribution is 2.30. The van der Waals surface area contributed by atoms with Crippen LogP contribution in [0.2, 0.25) is 0 Å². The minimum absolute atomic E-state index is 0.0170. The molecule has 1 N–H and O–H groups in total. The van der Waals surface area contributed by atoms with Crippen LogP contribution < -0.4 is 10.5 Å². The van der Waals surface area contributed by atoms with Crippen molar-refractivity contribution < 1.29 is 22.0 Å². The van der Waals surface area contributed by atoms with Gasteiger partial charge >= 0.3 is 6.18 Å². The Hall–Kier alpha value is -4.48. The van der Waals surface area contributed by atoms with E-state index in [1.54, 1.807) is 25.8 Å². The molecule has 0 aliphatic carbocycles. The van der Waals surface area contributed by atoms with Crippen LogP contribution in [0.5, 0.6) is 0 Å². The van der Waals surface area contributed by atoms with Crippen molar-refractivity contribution in [1.82, 2.24) is 34.7 Å². The number of pyridine rings is 1. The molecule has 10 nitrogen and oxygen atoms in total. The number of nitrogens with one attached hydrogen (secondary N) is 1. The lowest BCUT2D eigenvalue weighted by atomic mass is 10.1. The number of fused-ring (bicyclic) bond motifs is 1. The van der Waals surface area contributed by atoms with Gasteiger partial charge in [0.2, 0.25) is 5.95 Å². The molecule has 4 aromatic rings. The van der Waals surface area contributed by atoms with E-state index in [1.165, 1.54) is 10.7 Å². The highest BCUT2D eigenvalue weighted by atomic mass is 19.4. The van der Waals surface area contributed by atoms with Crippen molar-refractivity contribution in [2.45, 2.75) is 45.0 Å². The number of rotatable bonds is 7. The fourth-order valence-electron chi connectivity index (χ4n) is 3.92. The minimum atomic E-state index is -4.61. The first-order valence-corrected chi connectivity index (χ1v) is 11.2. The Morgan fingerprint density at radius 1 is 1.13 bits per heavy atom. The number of hydrogen-bond donors (Lipinski definition) is 1. The van der Waals surface area contributed by atoms with Crippen LogP contribution in [0.15, 0.2) is 35.5 Å². The molecule has 0 saturated heterocycles. The second-order valence-electron chi connectivity index (χ2n) is 8.35. The maximum absolute atomic E-state index is 13.0. The Kier molecular flexibility index (Phi) is 7.07. The second-order valence-corrected chi connectivity index (χ2v) is 8.35. The predicted octanol–water partition coefficient (Wildman–Crippen LogP) is 4.33. The molecular weight excluding hydrogens is 513 g/mol. The van der Waals surface area contributed by atoms with Crippen molar-refractivity contribution in [3.63, 3.8) is 0 Å². The third-order valence-corrected chi connectivity index (χ3v) is 6.01. The van der Waals surface area contributed by atoms with Gasteiger partial charge in [-0.1, -0.05) is 13.0 Å². The summed E-state index contributed by atoms with van der Waals surface area (Å²) in [5.41, 5.74) is -1.93. The van der Waals surface area contributed by atoms with Gasteiger partial charge < -0.3 is 4.90 Å². The molecular formula is C23H20F5N9O. The molecule has 4 rings (SSSR count). The van der Waals surface area contributed by atoms with Crippen LogP contribution >= 0.6 is 0 Å². The quantitative estimate of drug-likeness (QED) is 0.348. The molecule has 2 atom stereocenters. The average Bonchev–Trinajstić information content (AvgIpc) is 3.27. The summed E-state index contributed by atoms with van der Waals surface area (Å²) in [6.45, 7) is 3.41. The molecule has 0 aromatic carbocycles. The van der Waals surface area contributed by atoms with Gasteiger partial charge in [0.05, 0.1) is 17.6 Å². The minimum Gasteiger partial charge on any atom is -0.335 e. The Morgan fingerprint density at radius 2 is 1.79 bits per heavy atom. The number of nitrogens with zero attached hydrogens (tertiary/aromatic N) is 8. The van der Waals surface area contributed by atoms with Crippen LogP contribution in [0.25, 0.3) is 11.0 Å². The molecule has 198 valence electrons. The van der Waals surface area contributed by atoms with Crippen LogP contribution in [0.1, 0.15) is 67.1 Å². The second kappa shape index (κ2) is 10.1. The van der Waals surface area contributed by atoms with E-state index in [2.05, 4.69) is 30.0 Å². The number of aromatic amines is 1. The highest BCUT2D eigenvalue weighted by Gasteiger charge is 2.32. The summed E-state index contributed by atoms with van der Waals surface area (Å²) < 4.78 is 65.8. The Morgan fingerprint density at radius 3 is 2.32 bits per heavy atom. The third kappa shape index (κ3) is 4.89. The van der Waals surface area contributed by atoms with Gasteiger partial charge in [-0.2, -0.15) is 28.5 Å². The van der Waals surface area contributed by atoms with Crippen molar-refractivity contribution in [2.24, 2.45) is 0 Å². The first-order chi connectivity index (χ1) is 18.0. The molecule has 38 heavy (non-hydrogen) atoms. The molecule has 0 saturated carbocycles. The van der Waals surface area contributed by atoms with E-state index in [4.69, 9.17) is 0 Å². The number of nitriles is 1. The number of halogens is 5. The highest BCUT2D eigenvalue weighted by molar-refractivity contribution is 5.81. The summed E-state index contributed by atoms with van der Waals surface area (Å²) in [5, 5.41) is 13.6. The molecule has 0 spiro atoms. The van der Waals surface area contributed by atoms with E-state index < -0.39 is 35.9 Å². The van der Waals surface area contributed by atoms with Gasteiger partial charge in [0.25, 0.3) is 12.0 Å². The first-order valence-electron chi connectivity index (χ1n) is 11.2. The van der Waals surface area contributed by atoms with E-state index in [0.717, 1.165) is 24.7 Å². The number of hydrogen-bond acceptors (Lipinski definition) is 8. The predicted molar refractivity (Wildman–Crippen MR) is 124 cm³/mol. The number of H-pyrrole nitrogens is 1. The van der Waals surface area contributed by atoms with Crippen LogP contribution in [0.4, 0.5) is 27.9 Å². The molecule has 0 aliphatic rings. The van der Waals surface area contributed by atoms with E-state index >= 15 is 0 Å². The van der Waals surface area contributed by atoms with Crippen molar-refractivity contribution >= 4 is 17.0 Å². The van der Waals surface area contributed by atoms with E-state index in [0.29, 0.717) is 12.0 Å². The molecule has 4 heterocycles. The number of alkyl halides is 5. The molecule has 1 unspecified atom stereocenters. The van der Waals surface area contributed by atoms with Gasteiger partial charge in [-0.15, -0.1) is 0 Å². The zero-order valence-corrected chi connectivity index (χ0v) is 20.2. The maximum Gasteiger partial charge on any atom is 0.433 e. The van der Waals surface area contributed by atoms with Crippen LogP contribution in [0, 0.1) is 11.3 Å². The van der Waals surface area contributed by atoms with Crippen molar-refractivity contribution in [3.8, 4) is 6.07 Å². The fourth-order valence-corrected chi connectivity index (χ4v) is 3.92. The SMILES string of the molecule is CCC(c1ncc(C(F)F)cn1)N(C)c1nc2c(c(C#N)nn2[C@@H](C)c2ccc(C(F)(F)F)nc2)c(=O)[nH]1. The van der Waals surface area contributed by atoms with Gasteiger partial charge in [0, 0.05) is 25.6 Å². The van der Waals surface area contributed by atoms with Gasteiger partial charge in [-0.25, -0.2) is 23.4 Å². The summed E-state index contributed by atoms with van der Waals surface area (Å²) in [7, 11) is 1.60. The first kappa shape index (κ1) is 26.6. The molecule has 0 fully saturated rings. The Balaban J connectivity index is 1.77. The lowest BCUT2D eigenvalue weighted by Gasteiger charge is -2.26. The summed E-state index contributed by atoms with van der Waals surface area (Å²) in [5.74, 6) is 0.275. The van der Waals surface area contributed by atoms with E-state index in [-0.39, 0.29) is 34.1 Å². The zero-order chi connectivity index (χ0) is 27.8. The van der Waals surface area contributed by atoms with E-state index in [9.17, 15) is 32.0 Å². The molecule has 0 aliphatic heterocycles. The number of anilines is 1. The van der Waals surface area contributed by atoms with Crippen molar-refractivity contribution in [1.29, 1.82) is 5.26 Å². The largest absolute Gasteiger partial charge is 0.433 e. The lowest BCUT2D eigenvalue weighted by Crippen LogP contribution is -2.29. The van der Waals surface area contributed by atoms with E-state index in [1.807, 2.05) is 6.07 Å². The topological polar surface area (TPSA) is 129 Å². The average molecular weight is 533 g/mol. The zero-order valence-electron chi connectivity index (χ0n) is 20.2. The standard InChI is InChI=1S/C23H20F5N9O/c1-4-15(19-31-9-13(10-32-19)18(24)25)36(3)22-33-20-17(21(38)34-22)14(7-29)35-37(20)11(2)12-5-6-16(30-8-12)23(26,27)28/h5-6,8-11,15,18H,4H2,1-3H3,(H,33,34,38)/t11-,15?/m0/s1. The van der Waals surface area contributed by atoms with Gasteiger partial charge in [-0.3, -0.25) is 14.8 Å². The van der Waals surface area contributed by atoms with Crippen molar-refractivity contribution in [2.75, 3.05) is 11.9 Å². The molecule has 4 aromatic heterocycles. The Bertz CT molecular complexity index is 1540. The smallest absolute Gasteiger partial charge is 0.335 e.